The van der Waals surface area contributed by atoms with Crippen molar-refractivity contribution >= 4 is 12.0 Å². The SMILES string of the molecule is CC(C)CCC[C@@H](C)[C@H]1CC[C@H]2[C@@H]3CC=C4C[C@@H](OCCCNOC(=O)Nc5ncc[nH]5)CC[C@]4(C)[C@H]3CC[C@]12C. The Morgan fingerprint density at radius 1 is 1.10 bits per heavy atom. The van der Waals surface area contributed by atoms with Crippen molar-refractivity contribution in [2.24, 2.45) is 46.3 Å². The highest BCUT2D eigenvalue weighted by Crippen LogP contribution is 2.67. The summed E-state index contributed by atoms with van der Waals surface area (Å²) in [6.45, 7) is 13.8. The Kier molecular flexibility index (Phi) is 9.85. The van der Waals surface area contributed by atoms with Crippen LogP contribution in [0.1, 0.15) is 112 Å². The largest absolute Gasteiger partial charge is 0.432 e. The molecule has 0 unspecified atom stereocenters. The van der Waals surface area contributed by atoms with Gasteiger partial charge >= 0.3 is 6.09 Å². The zero-order valence-electron chi connectivity index (χ0n) is 26.3. The van der Waals surface area contributed by atoms with Crippen molar-refractivity contribution < 1.29 is 14.4 Å². The van der Waals surface area contributed by atoms with Crippen molar-refractivity contribution in [3.05, 3.63) is 24.0 Å². The number of ether oxygens (including phenoxy) is 1. The van der Waals surface area contributed by atoms with Gasteiger partial charge in [-0.25, -0.2) is 9.78 Å². The fourth-order valence-corrected chi connectivity index (χ4v) is 9.76. The van der Waals surface area contributed by atoms with E-state index < -0.39 is 6.09 Å². The van der Waals surface area contributed by atoms with Crippen LogP contribution in [-0.4, -0.2) is 35.3 Å². The number of rotatable bonds is 12. The zero-order valence-corrected chi connectivity index (χ0v) is 26.3. The molecule has 4 aliphatic rings. The highest BCUT2D eigenvalue weighted by molar-refractivity contribution is 5.81. The van der Waals surface area contributed by atoms with Gasteiger partial charge in [0.25, 0.3) is 0 Å². The Hall–Kier alpha value is -1.86. The fraction of sp³-hybridized carbons (Fsp3) is 0.824. The fourth-order valence-electron chi connectivity index (χ4n) is 9.76. The molecule has 0 aliphatic heterocycles. The zero-order chi connectivity index (χ0) is 29.0. The minimum absolute atomic E-state index is 0.311. The van der Waals surface area contributed by atoms with Crippen molar-refractivity contribution in [2.75, 3.05) is 18.5 Å². The molecule has 0 bridgehead atoms. The number of anilines is 1. The lowest BCUT2D eigenvalue weighted by Gasteiger charge is -2.58. The van der Waals surface area contributed by atoms with Crippen molar-refractivity contribution in [3.8, 4) is 0 Å². The number of carbonyl (C=O) groups excluding carboxylic acids is 1. The molecule has 1 amide bonds. The van der Waals surface area contributed by atoms with Crippen LogP contribution in [0, 0.1) is 46.3 Å². The molecule has 41 heavy (non-hydrogen) atoms. The molecule has 3 saturated carbocycles. The molecule has 1 aromatic heterocycles. The van der Waals surface area contributed by atoms with Crippen molar-refractivity contribution in [2.45, 2.75) is 118 Å². The number of hydrogen-bond acceptors (Lipinski definition) is 5. The number of aromatic nitrogens is 2. The number of nitrogens with zero attached hydrogens (tertiary/aromatic N) is 1. The van der Waals surface area contributed by atoms with Crippen LogP contribution in [-0.2, 0) is 9.57 Å². The lowest BCUT2D eigenvalue weighted by Crippen LogP contribution is -2.51. The number of hydroxylamine groups is 1. The summed E-state index contributed by atoms with van der Waals surface area (Å²) in [5.74, 6) is 5.64. The molecule has 0 aromatic carbocycles. The van der Waals surface area contributed by atoms with Crippen molar-refractivity contribution in [3.63, 3.8) is 0 Å². The second-order valence-corrected chi connectivity index (χ2v) is 14.7. The molecule has 0 spiro atoms. The van der Waals surface area contributed by atoms with E-state index in [9.17, 15) is 4.79 Å². The van der Waals surface area contributed by atoms with Gasteiger partial charge in [-0.15, -0.1) is 0 Å². The maximum absolute atomic E-state index is 11.7. The molecule has 7 heteroatoms. The maximum atomic E-state index is 11.7. The first-order valence-corrected chi connectivity index (χ1v) is 16.7. The molecule has 1 heterocycles. The summed E-state index contributed by atoms with van der Waals surface area (Å²) in [6.07, 6.45) is 21.2. The minimum atomic E-state index is -0.581. The third-order valence-electron chi connectivity index (χ3n) is 11.9. The van der Waals surface area contributed by atoms with Gasteiger partial charge in [0.1, 0.15) is 0 Å². The number of fused-ring (bicyclic) bond motifs is 5. The molecule has 3 fully saturated rings. The number of nitrogens with one attached hydrogen (secondary N) is 3. The normalized spacial score (nSPS) is 35.3. The first kappa shape index (κ1) is 30.6. The van der Waals surface area contributed by atoms with E-state index in [0.29, 0.717) is 36.0 Å². The Balaban J connectivity index is 1.07. The molecule has 8 atom stereocenters. The second kappa shape index (κ2) is 13.2. The minimum Gasteiger partial charge on any atom is -0.378 e. The maximum Gasteiger partial charge on any atom is 0.432 e. The lowest BCUT2D eigenvalue weighted by atomic mass is 9.47. The molecule has 1 aromatic rings. The van der Waals surface area contributed by atoms with Crippen LogP contribution < -0.4 is 10.8 Å². The molecule has 4 aliphatic carbocycles. The highest BCUT2D eigenvalue weighted by Gasteiger charge is 2.59. The van der Waals surface area contributed by atoms with Gasteiger partial charge in [0, 0.05) is 25.5 Å². The standard InChI is InChI=1S/C34H56N4O3/c1-23(2)8-6-9-24(3)28-12-13-29-27-11-10-25-22-26(14-16-33(25,4)30(27)15-17-34(28,29)5)40-21-7-18-37-41-32(39)38-31-35-19-20-36-31/h10,19-20,23-24,26-30,37H,6-9,11-18,21-22H2,1-5H3,(H2,35,36,38,39)/t24-,26+,27+,28-,29+,30+,33+,34-/m1/s1. The lowest BCUT2D eigenvalue weighted by molar-refractivity contribution is -0.0642. The first-order chi connectivity index (χ1) is 19.7. The number of amides is 1. The van der Waals surface area contributed by atoms with Gasteiger partial charge in [0.05, 0.1) is 6.10 Å². The number of imidazole rings is 1. The van der Waals surface area contributed by atoms with Crippen LogP contribution in [0.25, 0.3) is 0 Å². The Labute approximate surface area is 248 Å². The van der Waals surface area contributed by atoms with Crippen LogP contribution >= 0.6 is 0 Å². The summed E-state index contributed by atoms with van der Waals surface area (Å²) in [7, 11) is 0. The predicted octanol–water partition coefficient (Wildman–Crippen LogP) is 8.28. The van der Waals surface area contributed by atoms with Crippen LogP contribution in [0.15, 0.2) is 24.0 Å². The van der Waals surface area contributed by atoms with Crippen LogP contribution in [0.3, 0.4) is 0 Å². The smallest absolute Gasteiger partial charge is 0.378 e. The molecule has 230 valence electrons. The van der Waals surface area contributed by atoms with E-state index in [-0.39, 0.29) is 0 Å². The van der Waals surface area contributed by atoms with E-state index in [2.05, 4.69) is 61.5 Å². The summed E-state index contributed by atoms with van der Waals surface area (Å²) in [4.78, 5) is 23.5. The van der Waals surface area contributed by atoms with Gasteiger partial charge in [-0.2, -0.15) is 5.48 Å². The van der Waals surface area contributed by atoms with Gasteiger partial charge in [-0.3, -0.25) is 5.32 Å². The molecule has 3 N–H and O–H groups in total. The van der Waals surface area contributed by atoms with Crippen LogP contribution in [0.5, 0.6) is 0 Å². The van der Waals surface area contributed by atoms with Crippen LogP contribution in [0.2, 0.25) is 0 Å². The number of hydrogen-bond donors (Lipinski definition) is 3. The third-order valence-corrected chi connectivity index (χ3v) is 11.9. The predicted molar refractivity (Wildman–Crippen MR) is 164 cm³/mol. The summed E-state index contributed by atoms with van der Waals surface area (Å²) in [5, 5.41) is 2.52. The topological polar surface area (TPSA) is 88.3 Å². The Morgan fingerprint density at radius 3 is 2.73 bits per heavy atom. The Morgan fingerprint density at radius 2 is 1.95 bits per heavy atom. The average molecular weight is 569 g/mol. The number of allylic oxidation sites excluding steroid dienone is 1. The summed E-state index contributed by atoms with van der Waals surface area (Å²) < 4.78 is 6.33. The van der Waals surface area contributed by atoms with E-state index in [1.165, 1.54) is 57.8 Å². The van der Waals surface area contributed by atoms with Gasteiger partial charge in [-0.1, -0.05) is 65.5 Å². The molecule has 5 rings (SSSR count). The highest BCUT2D eigenvalue weighted by atomic mass is 16.7. The number of H-pyrrole nitrogens is 1. The number of carbonyl (C=O) groups is 1. The average Bonchev–Trinajstić information content (AvgIpc) is 3.57. The molecular weight excluding hydrogens is 512 g/mol. The summed E-state index contributed by atoms with van der Waals surface area (Å²) >= 11 is 0. The molecular formula is C34H56N4O3. The molecule has 0 radical (unpaired) electrons. The van der Waals surface area contributed by atoms with Gasteiger partial charge in [0.15, 0.2) is 0 Å². The monoisotopic (exact) mass is 568 g/mol. The first-order valence-electron chi connectivity index (χ1n) is 16.7. The van der Waals surface area contributed by atoms with Crippen molar-refractivity contribution in [1.29, 1.82) is 0 Å². The second-order valence-electron chi connectivity index (χ2n) is 14.7. The van der Waals surface area contributed by atoms with E-state index in [1.54, 1.807) is 18.0 Å². The quantitative estimate of drug-likeness (QED) is 0.134. The van der Waals surface area contributed by atoms with Crippen molar-refractivity contribution in [1.82, 2.24) is 15.4 Å². The Bertz CT molecular complexity index is 1030. The van der Waals surface area contributed by atoms with E-state index in [1.807, 2.05) is 0 Å². The van der Waals surface area contributed by atoms with Gasteiger partial charge in [0.2, 0.25) is 5.95 Å². The summed E-state index contributed by atoms with van der Waals surface area (Å²) in [6, 6.07) is 0. The molecule has 7 nitrogen and oxygen atoms in total. The van der Waals surface area contributed by atoms with Gasteiger partial charge in [-0.05, 0) is 104 Å². The van der Waals surface area contributed by atoms with E-state index in [4.69, 9.17) is 9.57 Å². The third kappa shape index (κ3) is 6.71. The van der Waals surface area contributed by atoms with E-state index >= 15 is 0 Å². The summed E-state index contributed by atoms with van der Waals surface area (Å²) in [5.41, 5.74) is 5.32. The number of aromatic amines is 1. The molecule has 0 saturated heterocycles. The van der Waals surface area contributed by atoms with Crippen LogP contribution in [0.4, 0.5) is 10.7 Å². The van der Waals surface area contributed by atoms with Gasteiger partial charge < -0.3 is 14.6 Å². The van der Waals surface area contributed by atoms with E-state index in [0.717, 1.165) is 54.8 Å².